The fourth-order valence-electron chi connectivity index (χ4n) is 2.57. The number of hydrogen-bond donors (Lipinski definition) is 3. The smallest absolute Gasteiger partial charge is 0.252 e. The van der Waals surface area contributed by atoms with E-state index in [1.165, 1.54) is 0 Å². The molecule has 1 fully saturated rings. The second-order valence-electron chi connectivity index (χ2n) is 5.17. The van der Waals surface area contributed by atoms with Crippen molar-refractivity contribution >= 4 is 11.6 Å². The highest BCUT2D eigenvalue weighted by Crippen LogP contribution is 2.29. The molecule has 4 N–H and O–H groups in total. The van der Waals surface area contributed by atoms with E-state index >= 15 is 0 Å². The van der Waals surface area contributed by atoms with Gasteiger partial charge in [0, 0.05) is 11.3 Å². The van der Waals surface area contributed by atoms with Crippen molar-refractivity contribution in [2.75, 3.05) is 12.3 Å². The first-order valence-electron chi connectivity index (χ1n) is 6.36. The minimum Gasteiger partial charge on any atom is -0.399 e. The van der Waals surface area contributed by atoms with Gasteiger partial charge in [0.1, 0.15) is 0 Å². The Hall–Kier alpha value is -1.55. The lowest BCUT2D eigenvalue weighted by atomic mass is 9.97. The van der Waals surface area contributed by atoms with Gasteiger partial charge in [-0.1, -0.05) is 18.9 Å². The van der Waals surface area contributed by atoms with Gasteiger partial charge in [-0.15, -0.1) is 0 Å². The summed E-state index contributed by atoms with van der Waals surface area (Å²) in [6.07, 6.45) is 3.79. The summed E-state index contributed by atoms with van der Waals surface area (Å²) in [5.74, 6) is -0.143. The molecule has 18 heavy (non-hydrogen) atoms. The summed E-state index contributed by atoms with van der Waals surface area (Å²) in [5, 5.41) is 12.5. The maximum Gasteiger partial charge on any atom is 0.252 e. The summed E-state index contributed by atoms with van der Waals surface area (Å²) in [4.78, 5) is 12.3. The van der Waals surface area contributed by atoms with Gasteiger partial charge in [-0.3, -0.25) is 4.79 Å². The minimum atomic E-state index is -0.436. The Labute approximate surface area is 107 Å². The predicted octanol–water partition coefficient (Wildman–Crippen LogP) is 1.61. The summed E-state index contributed by atoms with van der Waals surface area (Å²) in [6, 6.07) is 5.30. The summed E-state index contributed by atoms with van der Waals surface area (Å²) >= 11 is 0. The number of aliphatic hydroxyl groups is 1. The van der Waals surface area contributed by atoms with Crippen LogP contribution in [-0.4, -0.2) is 23.2 Å². The number of amides is 1. The third-order valence-corrected chi connectivity index (χ3v) is 3.75. The molecule has 1 aliphatic carbocycles. The van der Waals surface area contributed by atoms with E-state index in [1.807, 2.05) is 13.0 Å². The first-order valence-corrected chi connectivity index (χ1v) is 6.36. The van der Waals surface area contributed by atoms with Gasteiger partial charge in [-0.2, -0.15) is 0 Å². The first kappa shape index (κ1) is 12.9. The molecule has 1 amide bonds. The molecule has 0 aromatic heterocycles. The lowest BCUT2D eigenvalue weighted by molar-refractivity contribution is 0.0838. The number of carbonyl (C=O) groups is 1. The number of benzene rings is 1. The van der Waals surface area contributed by atoms with Crippen molar-refractivity contribution in [3.63, 3.8) is 0 Å². The van der Waals surface area contributed by atoms with Crippen LogP contribution in [0.4, 0.5) is 5.69 Å². The molecule has 4 nitrogen and oxygen atoms in total. The van der Waals surface area contributed by atoms with E-state index in [1.54, 1.807) is 12.1 Å². The van der Waals surface area contributed by atoms with Gasteiger partial charge in [-0.25, -0.2) is 0 Å². The van der Waals surface area contributed by atoms with E-state index in [4.69, 9.17) is 5.73 Å². The Bertz CT molecular complexity index is 451. The average Bonchev–Trinajstić information content (AvgIpc) is 2.81. The van der Waals surface area contributed by atoms with E-state index in [2.05, 4.69) is 5.32 Å². The van der Waals surface area contributed by atoms with E-state index in [-0.39, 0.29) is 12.5 Å². The monoisotopic (exact) mass is 248 g/mol. The second kappa shape index (κ2) is 4.98. The SMILES string of the molecule is Cc1ccc(N)cc1C(=O)NC1(CO)CCCC1. The van der Waals surface area contributed by atoms with Crippen LogP contribution in [0.1, 0.15) is 41.6 Å². The molecule has 1 aromatic carbocycles. The van der Waals surface area contributed by atoms with Crippen LogP contribution in [0.5, 0.6) is 0 Å². The maximum atomic E-state index is 12.3. The largest absolute Gasteiger partial charge is 0.399 e. The summed E-state index contributed by atoms with van der Waals surface area (Å²) in [5.41, 5.74) is 7.34. The van der Waals surface area contributed by atoms with Crippen LogP contribution in [0.15, 0.2) is 18.2 Å². The molecule has 1 aliphatic rings. The van der Waals surface area contributed by atoms with Crippen molar-refractivity contribution in [3.05, 3.63) is 29.3 Å². The lowest BCUT2D eigenvalue weighted by Crippen LogP contribution is -2.49. The van der Waals surface area contributed by atoms with Crippen LogP contribution in [0, 0.1) is 6.92 Å². The van der Waals surface area contributed by atoms with E-state index < -0.39 is 5.54 Å². The van der Waals surface area contributed by atoms with Gasteiger partial charge < -0.3 is 16.2 Å². The standard InChI is InChI=1S/C14H20N2O2/c1-10-4-5-11(15)8-12(10)13(18)16-14(9-17)6-2-3-7-14/h4-5,8,17H,2-3,6-7,9,15H2,1H3,(H,16,18). The van der Waals surface area contributed by atoms with Gasteiger partial charge in [-0.05, 0) is 37.5 Å². The third-order valence-electron chi connectivity index (χ3n) is 3.75. The molecule has 0 spiro atoms. The molecule has 0 bridgehead atoms. The van der Waals surface area contributed by atoms with Crippen molar-refractivity contribution in [1.29, 1.82) is 0 Å². The van der Waals surface area contributed by atoms with Crippen molar-refractivity contribution in [2.45, 2.75) is 38.1 Å². The van der Waals surface area contributed by atoms with Gasteiger partial charge in [0.25, 0.3) is 5.91 Å². The van der Waals surface area contributed by atoms with Crippen LogP contribution >= 0.6 is 0 Å². The fraction of sp³-hybridized carbons (Fsp3) is 0.500. The minimum absolute atomic E-state index is 0.000103. The second-order valence-corrected chi connectivity index (χ2v) is 5.17. The number of nitrogens with one attached hydrogen (secondary N) is 1. The number of aliphatic hydroxyl groups excluding tert-OH is 1. The van der Waals surface area contributed by atoms with Crippen molar-refractivity contribution in [1.82, 2.24) is 5.32 Å². The highest BCUT2D eigenvalue weighted by atomic mass is 16.3. The Morgan fingerprint density at radius 3 is 2.72 bits per heavy atom. The van der Waals surface area contributed by atoms with Crippen molar-refractivity contribution in [2.24, 2.45) is 0 Å². The van der Waals surface area contributed by atoms with Gasteiger partial charge in [0.05, 0.1) is 12.1 Å². The van der Waals surface area contributed by atoms with E-state index in [9.17, 15) is 9.90 Å². The number of anilines is 1. The molecular weight excluding hydrogens is 228 g/mol. The van der Waals surface area contributed by atoms with Crippen LogP contribution in [-0.2, 0) is 0 Å². The molecule has 0 aliphatic heterocycles. The lowest BCUT2D eigenvalue weighted by Gasteiger charge is -2.28. The Morgan fingerprint density at radius 1 is 1.44 bits per heavy atom. The average molecular weight is 248 g/mol. The zero-order valence-corrected chi connectivity index (χ0v) is 10.7. The van der Waals surface area contributed by atoms with Crippen molar-refractivity contribution < 1.29 is 9.90 Å². The molecule has 0 radical (unpaired) electrons. The quantitative estimate of drug-likeness (QED) is 0.711. The number of carbonyl (C=O) groups excluding carboxylic acids is 1. The predicted molar refractivity (Wildman–Crippen MR) is 71.3 cm³/mol. The molecule has 0 heterocycles. The molecule has 2 rings (SSSR count). The number of nitrogen functional groups attached to an aromatic ring is 1. The number of nitrogens with two attached hydrogens (primary N) is 1. The van der Waals surface area contributed by atoms with Crippen molar-refractivity contribution in [3.8, 4) is 0 Å². The Balaban J connectivity index is 2.18. The highest BCUT2D eigenvalue weighted by molar-refractivity contribution is 5.97. The zero-order valence-electron chi connectivity index (χ0n) is 10.7. The summed E-state index contributed by atoms with van der Waals surface area (Å²) in [6.45, 7) is 1.88. The molecule has 4 heteroatoms. The third kappa shape index (κ3) is 2.48. The molecule has 1 saturated carbocycles. The van der Waals surface area contributed by atoms with Crippen LogP contribution in [0.2, 0.25) is 0 Å². The molecule has 0 atom stereocenters. The first-order chi connectivity index (χ1) is 8.56. The molecule has 98 valence electrons. The molecule has 1 aromatic rings. The fourth-order valence-corrected chi connectivity index (χ4v) is 2.57. The van der Waals surface area contributed by atoms with Crippen LogP contribution in [0.25, 0.3) is 0 Å². The van der Waals surface area contributed by atoms with E-state index in [0.717, 1.165) is 31.2 Å². The number of hydrogen-bond acceptors (Lipinski definition) is 3. The number of rotatable bonds is 3. The van der Waals surface area contributed by atoms with Gasteiger partial charge in [0.2, 0.25) is 0 Å². The number of aryl methyl sites for hydroxylation is 1. The topological polar surface area (TPSA) is 75.4 Å². The summed E-state index contributed by atoms with van der Waals surface area (Å²) < 4.78 is 0. The summed E-state index contributed by atoms with van der Waals surface area (Å²) in [7, 11) is 0. The van der Waals surface area contributed by atoms with Crippen LogP contribution in [0.3, 0.4) is 0 Å². The molecule has 0 unspecified atom stereocenters. The maximum absolute atomic E-state index is 12.3. The van der Waals surface area contributed by atoms with Crippen LogP contribution < -0.4 is 11.1 Å². The molecule has 0 saturated heterocycles. The normalized spacial score (nSPS) is 17.7. The van der Waals surface area contributed by atoms with Gasteiger partial charge in [0.15, 0.2) is 0 Å². The molecular formula is C14H20N2O2. The highest BCUT2D eigenvalue weighted by Gasteiger charge is 2.35. The van der Waals surface area contributed by atoms with Gasteiger partial charge >= 0.3 is 0 Å². The zero-order chi connectivity index (χ0) is 13.2. The van der Waals surface area contributed by atoms with E-state index in [0.29, 0.717) is 11.3 Å². The Kier molecular flexibility index (Phi) is 3.57. The Morgan fingerprint density at radius 2 is 2.11 bits per heavy atom.